The van der Waals surface area contributed by atoms with Crippen LogP contribution in [0, 0.1) is 0 Å². The third kappa shape index (κ3) is 2.25. The van der Waals surface area contributed by atoms with Gasteiger partial charge in [0, 0.05) is 0 Å². The number of carbonyl (C=O) groups is 1. The molecule has 1 aromatic rings. The fourth-order valence-electron chi connectivity index (χ4n) is 0.172. The maximum atomic E-state index is 8.00. The van der Waals surface area contributed by atoms with E-state index in [2.05, 4.69) is 9.59 Å². The van der Waals surface area contributed by atoms with E-state index in [9.17, 15) is 0 Å². The smallest absolute Gasteiger partial charge is 0.158 e. The first kappa shape index (κ1) is 7.03. The van der Waals surface area contributed by atoms with Gasteiger partial charge in [-0.1, -0.05) is 4.49 Å². The van der Waals surface area contributed by atoms with Crippen molar-refractivity contribution < 1.29 is 4.79 Å². The summed E-state index contributed by atoms with van der Waals surface area (Å²) in [5.41, 5.74) is 5.11. The third-order valence-electron chi connectivity index (χ3n) is 0.377. The minimum atomic E-state index is 0.500. The van der Waals surface area contributed by atoms with E-state index in [-0.39, 0.29) is 0 Å². The van der Waals surface area contributed by atoms with Crippen LogP contribution in [0.4, 0.5) is 5.82 Å². The first-order chi connectivity index (χ1) is 3.89. The maximum absolute atomic E-state index is 8.00. The van der Waals surface area contributed by atoms with Crippen LogP contribution >= 0.6 is 11.5 Å². The molecule has 0 bridgehead atoms. The molecule has 0 saturated carbocycles. The summed E-state index contributed by atoms with van der Waals surface area (Å²) in [4.78, 5) is 8.00. The predicted molar refractivity (Wildman–Crippen MR) is 31.4 cm³/mol. The van der Waals surface area contributed by atoms with Crippen molar-refractivity contribution in [3.63, 3.8) is 0 Å². The largest absolute Gasteiger partial charge is 0.381 e. The van der Waals surface area contributed by atoms with E-state index < -0.39 is 0 Å². The van der Waals surface area contributed by atoms with Crippen molar-refractivity contribution in [3.05, 3.63) is 5.38 Å². The second-order valence-electron chi connectivity index (χ2n) is 0.830. The molecule has 8 heavy (non-hydrogen) atoms. The summed E-state index contributed by atoms with van der Waals surface area (Å²) in [5, 5.41) is 5.14. The van der Waals surface area contributed by atoms with Gasteiger partial charge in [0.1, 0.15) is 6.79 Å². The Morgan fingerprint density at radius 3 is 2.50 bits per heavy atom. The molecule has 0 saturated heterocycles. The molecule has 1 heterocycles. The van der Waals surface area contributed by atoms with Gasteiger partial charge in [-0.2, -0.15) is 0 Å². The number of nitrogens with zero attached hydrogens (tertiary/aromatic N) is 2. The zero-order valence-electron chi connectivity index (χ0n) is 4.07. The lowest BCUT2D eigenvalue weighted by molar-refractivity contribution is -0.0979. The van der Waals surface area contributed by atoms with E-state index in [1.54, 1.807) is 5.38 Å². The van der Waals surface area contributed by atoms with Crippen LogP contribution in [0.2, 0.25) is 0 Å². The highest BCUT2D eigenvalue weighted by molar-refractivity contribution is 7.03. The Morgan fingerprint density at radius 2 is 2.38 bits per heavy atom. The number of aromatic nitrogens is 2. The molecule has 0 aliphatic carbocycles. The summed E-state index contributed by atoms with van der Waals surface area (Å²) in [6, 6.07) is 0. The second-order valence-corrected chi connectivity index (χ2v) is 1.44. The first-order valence-corrected chi connectivity index (χ1v) is 2.54. The van der Waals surface area contributed by atoms with Gasteiger partial charge >= 0.3 is 0 Å². The zero-order valence-corrected chi connectivity index (χ0v) is 4.89. The number of rotatable bonds is 0. The molecule has 0 aromatic carbocycles. The Balaban J connectivity index is 0.000000222. The lowest BCUT2D eigenvalue weighted by atomic mass is 10.9. The van der Waals surface area contributed by atoms with Gasteiger partial charge in [-0.05, 0) is 11.5 Å². The minimum absolute atomic E-state index is 0.500. The molecule has 0 aliphatic rings. The Hall–Kier alpha value is -0.970. The Bertz CT molecular complexity index is 129. The van der Waals surface area contributed by atoms with E-state index in [1.165, 1.54) is 11.5 Å². The molecule has 0 aliphatic heterocycles. The molecule has 5 heteroatoms. The molecule has 0 spiro atoms. The van der Waals surface area contributed by atoms with Crippen molar-refractivity contribution in [3.8, 4) is 0 Å². The predicted octanol–water partition coefficient (Wildman–Crippen LogP) is -0.0646. The molecule has 44 valence electrons. The zero-order chi connectivity index (χ0) is 6.41. The first-order valence-electron chi connectivity index (χ1n) is 1.71. The van der Waals surface area contributed by atoms with Crippen LogP contribution in [-0.4, -0.2) is 16.4 Å². The van der Waals surface area contributed by atoms with Gasteiger partial charge in [0.2, 0.25) is 0 Å². The number of carbonyl (C=O) groups excluding carboxylic acids is 1. The van der Waals surface area contributed by atoms with E-state index in [0.29, 0.717) is 5.82 Å². The fourth-order valence-corrected chi connectivity index (χ4v) is 0.516. The average Bonchev–Trinajstić information content (AvgIpc) is 2.24. The third-order valence-corrected chi connectivity index (χ3v) is 0.900. The average molecular weight is 131 g/mol. The normalized spacial score (nSPS) is 7.00. The van der Waals surface area contributed by atoms with Crippen LogP contribution in [0.1, 0.15) is 0 Å². The van der Waals surface area contributed by atoms with E-state index in [1.807, 2.05) is 6.79 Å². The highest BCUT2D eigenvalue weighted by Gasteiger charge is 1.78. The van der Waals surface area contributed by atoms with Gasteiger partial charge in [-0.25, -0.2) is 0 Å². The fraction of sp³-hybridized carbons (Fsp3) is 0. The highest BCUT2D eigenvalue weighted by Crippen LogP contribution is 1.94. The van der Waals surface area contributed by atoms with Gasteiger partial charge < -0.3 is 10.5 Å². The van der Waals surface area contributed by atoms with Crippen molar-refractivity contribution in [1.29, 1.82) is 0 Å². The van der Waals surface area contributed by atoms with Gasteiger partial charge in [-0.15, -0.1) is 5.10 Å². The molecule has 1 rings (SSSR count). The number of nitrogen functional groups attached to an aromatic ring is 1. The Kier molecular flexibility index (Phi) is 3.69. The molecular formula is C3H5N3OS. The molecule has 0 unspecified atom stereocenters. The molecular weight excluding hydrogens is 126 g/mol. The maximum Gasteiger partial charge on any atom is 0.158 e. The van der Waals surface area contributed by atoms with Crippen LogP contribution in [0.3, 0.4) is 0 Å². The van der Waals surface area contributed by atoms with E-state index in [4.69, 9.17) is 10.5 Å². The molecule has 0 fully saturated rings. The summed E-state index contributed by atoms with van der Waals surface area (Å²) in [5.74, 6) is 0.500. The van der Waals surface area contributed by atoms with Crippen LogP contribution < -0.4 is 5.73 Å². The molecule has 0 atom stereocenters. The van der Waals surface area contributed by atoms with Crippen LogP contribution in [0.15, 0.2) is 5.38 Å². The van der Waals surface area contributed by atoms with Crippen molar-refractivity contribution >= 4 is 24.1 Å². The van der Waals surface area contributed by atoms with Crippen molar-refractivity contribution in [1.82, 2.24) is 9.59 Å². The monoisotopic (exact) mass is 131 g/mol. The SMILES string of the molecule is C=O.Nc1csnn1. The Morgan fingerprint density at radius 1 is 1.75 bits per heavy atom. The summed E-state index contributed by atoms with van der Waals surface area (Å²) >= 11 is 1.25. The van der Waals surface area contributed by atoms with Gasteiger partial charge in [-0.3, -0.25) is 0 Å². The summed E-state index contributed by atoms with van der Waals surface area (Å²) < 4.78 is 3.49. The highest BCUT2D eigenvalue weighted by atomic mass is 32.1. The number of hydrogen-bond acceptors (Lipinski definition) is 5. The molecule has 2 N–H and O–H groups in total. The van der Waals surface area contributed by atoms with E-state index >= 15 is 0 Å². The van der Waals surface area contributed by atoms with Gasteiger partial charge in [0.25, 0.3) is 0 Å². The minimum Gasteiger partial charge on any atom is -0.381 e. The van der Waals surface area contributed by atoms with Crippen LogP contribution in [0.5, 0.6) is 0 Å². The van der Waals surface area contributed by atoms with Crippen LogP contribution in [-0.2, 0) is 4.79 Å². The van der Waals surface area contributed by atoms with Crippen molar-refractivity contribution in [2.45, 2.75) is 0 Å². The topological polar surface area (TPSA) is 68.9 Å². The summed E-state index contributed by atoms with van der Waals surface area (Å²) in [6.45, 7) is 2.00. The van der Waals surface area contributed by atoms with Crippen LogP contribution in [0.25, 0.3) is 0 Å². The van der Waals surface area contributed by atoms with E-state index in [0.717, 1.165) is 0 Å². The van der Waals surface area contributed by atoms with Gasteiger partial charge in [0.05, 0.1) is 5.38 Å². The molecule has 1 aromatic heterocycles. The summed E-state index contributed by atoms with van der Waals surface area (Å²) in [7, 11) is 0. The second kappa shape index (κ2) is 4.20. The lowest BCUT2D eigenvalue weighted by Gasteiger charge is -1.64. The number of anilines is 1. The molecule has 4 nitrogen and oxygen atoms in total. The number of nitrogens with two attached hydrogens (primary N) is 1. The van der Waals surface area contributed by atoms with Crippen molar-refractivity contribution in [2.24, 2.45) is 0 Å². The number of hydrogen-bond donors (Lipinski definition) is 1. The standard InChI is InChI=1S/C2H3N3S.CH2O/c3-2-1-6-5-4-2;1-2/h1H,3H2;1H2. The Labute approximate surface area is 50.5 Å². The molecule has 0 amide bonds. The van der Waals surface area contributed by atoms with Crippen molar-refractivity contribution in [2.75, 3.05) is 5.73 Å². The summed E-state index contributed by atoms with van der Waals surface area (Å²) in [6.07, 6.45) is 0. The quantitative estimate of drug-likeness (QED) is 0.535. The molecule has 0 radical (unpaired) electrons. The van der Waals surface area contributed by atoms with Gasteiger partial charge in [0.15, 0.2) is 5.82 Å². The lowest BCUT2D eigenvalue weighted by Crippen LogP contribution is -1.81.